The van der Waals surface area contributed by atoms with Crippen molar-refractivity contribution in [3.8, 4) is 5.75 Å². The highest BCUT2D eigenvalue weighted by Crippen LogP contribution is 2.29. The van der Waals surface area contributed by atoms with Crippen LogP contribution >= 0.6 is 50.7 Å². The third kappa shape index (κ3) is 7.22. The lowest BCUT2D eigenvalue weighted by Gasteiger charge is -2.09. The van der Waals surface area contributed by atoms with Crippen molar-refractivity contribution in [3.63, 3.8) is 0 Å². The van der Waals surface area contributed by atoms with Crippen LogP contribution in [0.1, 0.15) is 12.8 Å². The number of hydrogen-bond donors (Lipinski definition) is 1. The Morgan fingerprint density at radius 1 is 1.07 bits per heavy atom. The molecule has 2 rings (SSSR count). The highest BCUT2D eigenvalue weighted by atomic mass is 79.9. The number of nitrogens with one attached hydrogen (secondary N) is 1. The van der Waals surface area contributed by atoms with Crippen LogP contribution in [0.4, 0.5) is 5.69 Å². The fourth-order valence-corrected chi connectivity index (χ4v) is 3.07. The summed E-state index contributed by atoms with van der Waals surface area (Å²) in [7, 11) is 0. The van der Waals surface area contributed by atoms with Gasteiger partial charge in [0.2, 0.25) is 0 Å². The van der Waals surface area contributed by atoms with Crippen LogP contribution in [0.5, 0.6) is 5.75 Å². The van der Waals surface area contributed by atoms with Crippen molar-refractivity contribution in [3.05, 3.63) is 55.9 Å². The summed E-state index contributed by atoms with van der Waals surface area (Å²) in [5.41, 5.74) is 0.352. The monoisotopic (exact) mass is 493 g/mol. The molecule has 0 unspecified atom stereocenters. The van der Waals surface area contributed by atoms with Gasteiger partial charge in [-0.2, -0.15) is 0 Å². The van der Waals surface area contributed by atoms with Crippen molar-refractivity contribution in [2.24, 2.45) is 0 Å². The molecule has 1 amide bonds. The molecule has 1 N–H and O–H groups in total. The van der Waals surface area contributed by atoms with E-state index in [1.165, 1.54) is 0 Å². The molecule has 0 aromatic heterocycles. The molecule has 0 heterocycles. The van der Waals surface area contributed by atoms with E-state index in [0.29, 0.717) is 34.5 Å². The standard InChI is InChI=1S/C18H15BrCl3NO4/c19-11-6-7-15(13(21)9-11)26-8-2-5-17(25)27-10-16(24)23-14-4-1-3-12(20)18(14)22/h1,3-4,6-7,9H,2,5,8,10H2,(H,23,24). The molecule has 5 nitrogen and oxygen atoms in total. The van der Waals surface area contributed by atoms with Crippen LogP contribution in [0.25, 0.3) is 0 Å². The molecule has 0 bridgehead atoms. The normalized spacial score (nSPS) is 10.4. The number of halogens is 4. The number of carbonyl (C=O) groups is 2. The first-order chi connectivity index (χ1) is 12.9. The van der Waals surface area contributed by atoms with Crippen molar-refractivity contribution in [1.29, 1.82) is 0 Å². The van der Waals surface area contributed by atoms with Crippen molar-refractivity contribution in [2.45, 2.75) is 12.8 Å². The van der Waals surface area contributed by atoms with Crippen molar-refractivity contribution >= 4 is 68.3 Å². The van der Waals surface area contributed by atoms with E-state index in [4.69, 9.17) is 44.3 Å². The van der Waals surface area contributed by atoms with Crippen LogP contribution in [0.2, 0.25) is 15.1 Å². The summed E-state index contributed by atoms with van der Waals surface area (Å²) in [4.78, 5) is 23.5. The van der Waals surface area contributed by atoms with Gasteiger partial charge in [-0.25, -0.2) is 0 Å². The van der Waals surface area contributed by atoms with E-state index in [9.17, 15) is 9.59 Å². The number of rotatable bonds is 8. The Labute approximate surface area is 180 Å². The average molecular weight is 496 g/mol. The van der Waals surface area contributed by atoms with Crippen LogP contribution in [0.3, 0.4) is 0 Å². The maximum absolute atomic E-state index is 11.8. The van der Waals surface area contributed by atoms with E-state index < -0.39 is 18.5 Å². The molecule has 2 aromatic rings. The lowest BCUT2D eigenvalue weighted by molar-refractivity contribution is -0.147. The van der Waals surface area contributed by atoms with Crippen molar-refractivity contribution < 1.29 is 19.1 Å². The highest BCUT2D eigenvalue weighted by Gasteiger charge is 2.11. The van der Waals surface area contributed by atoms with Crippen LogP contribution in [0.15, 0.2) is 40.9 Å². The number of ether oxygens (including phenoxy) is 2. The van der Waals surface area contributed by atoms with Gasteiger partial charge in [-0.3, -0.25) is 9.59 Å². The Kier molecular flexibility index (Phi) is 8.70. The molecule has 2 aromatic carbocycles. The summed E-state index contributed by atoms with van der Waals surface area (Å²) in [6, 6.07) is 10.1. The number of carbonyl (C=O) groups excluding carboxylic acids is 2. The smallest absolute Gasteiger partial charge is 0.306 e. The molecule has 0 saturated carbocycles. The first-order valence-electron chi connectivity index (χ1n) is 7.84. The summed E-state index contributed by atoms with van der Waals surface area (Å²) < 4.78 is 11.3. The first-order valence-corrected chi connectivity index (χ1v) is 9.77. The number of anilines is 1. The summed E-state index contributed by atoms with van der Waals surface area (Å²) in [6.45, 7) is -0.123. The molecule has 0 radical (unpaired) electrons. The maximum atomic E-state index is 11.8. The molecule has 0 aliphatic heterocycles. The molecule has 144 valence electrons. The minimum Gasteiger partial charge on any atom is -0.492 e. The molecule has 0 saturated heterocycles. The zero-order chi connectivity index (χ0) is 19.8. The van der Waals surface area contributed by atoms with Crippen LogP contribution in [0, 0.1) is 0 Å². The first kappa shape index (κ1) is 21.8. The van der Waals surface area contributed by atoms with Gasteiger partial charge in [0.1, 0.15) is 5.75 Å². The number of esters is 1. The molecule has 0 aliphatic carbocycles. The third-order valence-electron chi connectivity index (χ3n) is 3.27. The minimum absolute atomic E-state index is 0.110. The largest absolute Gasteiger partial charge is 0.492 e. The lowest BCUT2D eigenvalue weighted by atomic mass is 10.3. The van der Waals surface area contributed by atoms with E-state index in [2.05, 4.69) is 21.2 Å². The topological polar surface area (TPSA) is 64.6 Å². The Hall–Kier alpha value is -1.47. The van der Waals surface area contributed by atoms with Gasteiger partial charge < -0.3 is 14.8 Å². The second kappa shape index (κ2) is 10.8. The SMILES string of the molecule is O=C(COC(=O)CCCOc1ccc(Br)cc1Cl)Nc1cccc(Cl)c1Cl. The molecule has 9 heteroatoms. The van der Waals surface area contributed by atoms with Crippen LogP contribution in [-0.2, 0) is 14.3 Å². The zero-order valence-electron chi connectivity index (χ0n) is 13.9. The predicted octanol–water partition coefficient (Wildman–Crippen LogP) is 5.75. The van der Waals surface area contributed by atoms with Crippen LogP contribution < -0.4 is 10.1 Å². The quantitative estimate of drug-likeness (QED) is 0.374. The second-order valence-corrected chi connectivity index (χ2v) is 7.45. The molecule has 27 heavy (non-hydrogen) atoms. The number of benzene rings is 2. The Balaban J connectivity index is 1.67. The van der Waals surface area contributed by atoms with Gasteiger partial charge in [0, 0.05) is 10.9 Å². The van der Waals surface area contributed by atoms with Gasteiger partial charge in [-0.05, 0) is 36.8 Å². The number of amides is 1. The van der Waals surface area contributed by atoms with E-state index >= 15 is 0 Å². The molecule has 0 atom stereocenters. The van der Waals surface area contributed by atoms with E-state index in [1.54, 1.807) is 36.4 Å². The molecular formula is C18H15BrCl3NO4. The second-order valence-electron chi connectivity index (χ2n) is 5.34. The fraction of sp³-hybridized carbons (Fsp3) is 0.222. The molecular weight excluding hydrogens is 480 g/mol. The summed E-state index contributed by atoms with van der Waals surface area (Å²) in [5, 5.41) is 3.55. The third-order valence-corrected chi connectivity index (χ3v) is 4.87. The maximum Gasteiger partial charge on any atom is 0.306 e. The molecule has 0 aliphatic rings. The van der Waals surface area contributed by atoms with Gasteiger partial charge in [0.05, 0.1) is 27.4 Å². The Morgan fingerprint density at radius 3 is 2.59 bits per heavy atom. The summed E-state index contributed by atoms with van der Waals surface area (Å²) >= 11 is 21.2. The lowest BCUT2D eigenvalue weighted by Crippen LogP contribution is -2.21. The molecule has 0 spiro atoms. The highest BCUT2D eigenvalue weighted by molar-refractivity contribution is 9.10. The Bertz CT molecular complexity index is 832. The number of hydrogen-bond acceptors (Lipinski definition) is 4. The van der Waals surface area contributed by atoms with Crippen molar-refractivity contribution in [2.75, 3.05) is 18.5 Å². The van der Waals surface area contributed by atoms with Gasteiger partial charge in [-0.1, -0.05) is 56.8 Å². The Morgan fingerprint density at radius 2 is 1.85 bits per heavy atom. The summed E-state index contributed by atoms with van der Waals surface area (Å²) in [6.07, 6.45) is 0.534. The summed E-state index contributed by atoms with van der Waals surface area (Å²) in [5.74, 6) is -0.482. The van der Waals surface area contributed by atoms with Gasteiger partial charge in [0.15, 0.2) is 6.61 Å². The minimum atomic E-state index is -0.509. The fourth-order valence-electron chi connectivity index (χ4n) is 2.00. The van der Waals surface area contributed by atoms with Crippen molar-refractivity contribution in [1.82, 2.24) is 0 Å². The molecule has 0 fully saturated rings. The predicted molar refractivity (Wildman–Crippen MR) is 110 cm³/mol. The van der Waals surface area contributed by atoms with E-state index in [-0.39, 0.29) is 11.4 Å². The van der Waals surface area contributed by atoms with Gasteiger partial charge in [-0.15, -0.1) is 0 Å². The van der Waals surface area contributed by atoms with Gasteiger partial charge in [0.25, 0.3) is 5.91 Å². The average Bonchev–Trinajstić information content (AvgIpc) is 2.62. The van der Waals surface area contributed by atoms with E-state index in [0.717, 1.165) is 4.47 Å². The van der Waals surface area contributed by atoms with E-state index in [1.807, 2.05) is 0 Å². The zero-order valence-corrected chi connectivity index (χ0v) is 17.8. The van der Waals surface area contributed by atoms with Crippen LogP contribution in [-0.4, -0.2) is 25.1 Å². The van der Waals surface area contributed by atoms with Gasteiger partial charge >= 0.3 is 5.97 Å².